The Balaban J connectivity index is 2.05. The number of hydrogen-bond donors (Lipinski definition) is 1. The van der Waals surface area contributed by atoms with Gasteiger partial charge in [-0.15, -0.1) is 0 Å². The molecule has 0 unspecified atom stereocenters. The van der Waals surface area contributed by atoms with Gasteiger partial charge < -0.3 is 9.84 Å². The van der Waals surface area contributed by atoms with E-state index in [0.29, 0.717) is 6.10 Å². The molecule has 1 aliphatic carbocycles. The third-order valence-corrected chi connectivity index (χ3v) is 3.72. The summed E-state index contributed by atoms with van der Waals surface area (Å²) in [4.78, 5) is 0. The monoisotopic (exact) mass is 238 g/mol. The number of aromatic nitrogens is 2. The minimum Gasteiger partial charge on any atom is -0.385 e. The van der Waals surface area contributed by atoms with Crippen molar-refractivity contribution in [1.29, 1.82) is 0 Å². The van der Waals surface area contributed by atoms with E-state index in [2.05, 4.69) is 12.0 Å². The van der Waals surface area contributed by atoms with E-state index in [1.165, 1.54) is 0 Å². The highest BCUT2D eigenvalue weighted by Gasteiger charge is 2.35. The van der Waals surface area contributed by atoms with E-state index in [1.807, 2.05) is 17.1 Å². The second-order valence-corrected chi connectivity index (χ2v) is 4.96. The van der Waals surface area contributed by atoms with Crippen LogP contribution in [0.1, 0.15) is 44.6 Å². The first-order valence-corrected chi connectivity index (χ1v) is 6.46. The summed E-state index contributed by atoms with van der Waals surface area (Å²) in [5, 5.41) is 14.9. The third kappa shape index (κ3) is 2.69. The lowest BCUT2D eigenvalue weighted by molar-refractivity contribution is -0.0474. The fourth-order valence-electron chi connectivity index (χ4n) is 2.55. The van der Waals surface area contributed by atoms with Crippen molar-refractivity contribution in [2.75, 3.05) is 7.11 Å². The van der Waals surface area contributed by atoms with Crippen LogP contribution in [0.15, 0.2) is 12.4 Å². The molecule has 1 N–H and O–H groups in total. The third-order valence-electron chi connectivity index (χ3n) is 3.72. The minimum absolute atomic E-state index is 0.306. The van der Waals surface area contributed by atoms with Gasteiger partial charge in [-0.3, -0.25) is 4.68 Å². The first kappa shape index (κ1) is 12.6. The highest BCUT2D eigenvalue weighted by Crippen LogP contribution is 2.37. The maximum Gasteiger partial charge on any atom is 0.0928 e. The van der Waals surface area contributed by atoms with E-state index < -0.39 is 5.60 Å². The molecule has 17 heavy (non-hydrogen) atoms. The zero-order chi connectivity index (χ0) is 12.3. The van der Waals surface area contributed by atoms with Gasteiger partial charge in [-0.1, -0.05) is 6.92 Å². The van der Waals surface area contributed by atoms with Crippen molar-refractivity contribution >= 4 is 0 Å². The molecule has 0 saturated heterocycles. The quantitative estimate of drug-likeness (QED) is 0.873. The Labute approximate surface area is 103 Å². The lowest BCUT2D eigenvalue weighted by atomic mass is 9.80. The largest absolute Gasteiger partial charge is 0.385 e. The number of aliphatic hydroxyl groups is 1. The van der Waals surface area contributed by atoms with E-state index >= 15 is 0 Å². The summed E-state index contributed by atoms with van der Waals surface area (Å²) >= 11 is 0. The van der Waals surface area contributed by atoms with Crippen LogP contribution in [0.2, 0.25) is 0 Å². The average Bonchev–Trinajstić information content (AvgIpc) is 2.80. The summed E-state index contributed by atoms with van der Waals surface area (Å²) in [5.41, 5.74) is 0.265. The molecule has 1 aromatic rings. The van der Waals surface area contributed by atoms with E-state index in [0.717, 1.165) is 44.2 Å². The van der Waals surface area contributed by atoms with Crippen LogP contribution < -0.4 is 0 Å². The summed E-state index contributed by atoms with van der Waals surface area (Å²) in [6, 6.07) is 0. The van der Waals surface area contributed by atoms with Gasteiger partial charge in [0.25, 0.3) is 0 Å². The zero-order valence-corrected chi connectivity index (χ0v) is 10.7. The second kappa shape index (κ2) is 5.19. The van der Waals surface area contributed by atoms with Gasteiger partial charge >= 0.3 is 0 Å². The van der Waals surface area contributed by atoms with Crippen LogP contribution in [-0.2, 0) is 16.9 Å². The van der Waals surface area contributed by atoms with Crippen LogP contribution in [0.5, 0.6) is 0 Å². The molecule has 4 nitrogen and oxygen atoms in total. The molecule has 0 atom stereocenters. The number of hydrogen-bond acceptors (Lipinski definition) is 3. The fraction of sp³-hybridized carbons (Fsp3) is 0.769. The van der Waals surface area contributed by atoms with Crippen molar-refractivity contribution < 1.29 is 9.84 Å². The maximum atomic E-state index is 10.6. The van der Waals surface area contributed by atoms with Gasteiger partial charge in [-0.2, -0.15) is 5.10 Å². The minimum atomic E-state index is -0.693. The molecule has 0 bridgehead atoms. The Morgan fingerprint density at radius 2 is 2.24 bits per heavy atom. The standard InChI is InChI=1S/C13H22N2O2/c1-3-8-15-10-11(9-14-15)13(16)6-4-12(17-2)5-7-13/h9-10,12,16H,3-8H2,1-2H3. The normalized spacial score (nSPS) is 29.5. The first-order valence-electron chi connectivity index (χ1n) is 6.46. The Morgan fingerprint density at radius 1 is 1.53 bits per heavy atom. The summed E-state index contributed by atoms with van der Waals surface area (Å²) in [6.45, 7) is 3.04. The molecule has 0 radical (unpaired) electrons. The lowest BCUT2D eigenvalue weighted by Crippen LogP contribution is -2.33. The molecule has 1 fully saturated rings. The van der Waals surface area contributed by atoms with Gasteiger partial charge in [0, 0.05) is 25.4 Å². The fourth-order valence-corrected chi connectivity index (χ4v) is 2.55. The van der Waals surface area contributed by atoms with Crippen molar-refractivity contribution in [1.82, 2.24) is 9.78 Å². The van der Waals surface area contributed by atoms with Gasteiger partial charge in [0.1, 0.15) is 0 Å². The van der Waals surface area contributed by atoms with Crippen molar-refractivity contribution in [2.24, 2.45) is 0 Å². The highest BCUT2D eigenvalue weighted by atomic mass is 16.5. The van der Waals surface area contributed by atoms with Crippen LogP contribution in [-0.4, -0.2) is 28.1 Å². The topological polar surface area (TPSA) is 47.3 Å². The average molecular weight is 238 g/mol. The van der Waals surface area contributed by atoms with Gasteiger partial charge in [0.2, 0.25) is 0 Å². The Morgan fingerprint density at radius 3 is 2.82 bits per heavy atom. The van der Waals surface area contributed by atoms with Crippen LogP contribution in [0.4, 0.5) is 0 Å². The van der Waals surface area contributed by atoms with Gasteiger partial charge in [0.05, 0.1) is 17.9 Å². The second-order valence-electron chi connectivity index (χ2n) is 4.96. The lowest BCUT2D eigenvalue weighted by Gasteiger charge is -2.34. The van der Waals surface area contributed by atoms with Gasteiger partial charge in [0.15, 0.2) is 0 Å². The molecule has 0 spiro atoms. The molecule has 96 valence electrons. The first-order chi connectivity index (χ1) is 8.18. The Hall–Kier alpha value is -0.870. The van der Waals surface area contributed by atoms with E-state index in [1.54, 1.807) is 7.11 Å². The van der Waals surface area contributed by atoms with Crippen LogP contribution in [0.3, 0.4) is 0 Å². The van der Waals surface area contributed by atoms with Crippen LogP contribution in [0.25, 0.3) is 0 Å². The Bertz CT molecular complexity index is 354. The van der Waals surface area contributed by atoms with Gasteiger partial charge in [-0.25, -0.2) is 0 Å². The SMILES string of the molecule is CCCn1cc(C2(O)CCC(OC)CC2)cn1. The Kier molecular flexibility index (Phi) is 3.84. The van der Waals surface area contributed by atoms with Gasteiger partial charge in [-0.05, 0) is 32.1 Å². The molecule has 0 amide bonds. The molecule has 1 saturated carbocycles. The number of aryl methyl sites for hydroxylation is 1. The predicted molar refractivity (Wildman–Crippen MR) is 65.7 cm³/mol. The molecule has 4 heteroatoms. The summed E-state index contributed by atoms with van der Waals surface area (Å²) < 4.78 is 7.24. The van der Waals surface area contributed by atoms with E-state index in [-0.39, 0.29) is 0 Å². The number of rotatable bonds is 4. The molecule has 1 aliphatic rings. The molecule has 1 heterocycles. The van der Waals surface area contributed by atoms with Crippen molar-refractivity contribution in [3.63, 3.8) is 0 Å². The summed E-state index contributed by atoms with van der Waals surface area (Å²) in [7, 11) is 1.74. The highest BCUT2D eigenvalue weighted by molar-refractivity contribution is 5.16. The summed E-state index contributed by atoms with van der Waals surface area (Å²) in [6.07, 6.45) is 8.54. The predicted octanol–water partition coefficient (Wildman–Crippen LogP) is 2.07. The zero-order valence-electron chi connectivity index (χ0n) is 10.7. The van der Waals surface area contributed by atoms with Crippen LogP contribution in [0, 0.1) is 0 Å². The summed E-state index contributed by atoms with van der Waals surface area (Å²) in [5.74, 6) is 0. The molecule has 0 aliphatic heterocycles. The molecule has 2 rings (SSSR count). The number of nitrogens with zero attached hydrogens (tertiary/aromatic N) is 2. The van der Waals surface area contributed by atoms with Crippen molar-refractivity contribution in [2.45, 2.75) is 57.3 Å². The number of ether oxygens (including phenoxy) is 1. The van der Waals surface area contributed by atoms with Crippen LogP contribution >= 0.6 is 0 Å². The number of methoxy groups -OCH3 is 1. The molecule has 1 aromatic heterocycles. The smallest absolute Gasteiger partial charge is 0.0928 e. The van der Waals surface area contributed by atoms with E-state index in [9.17, 15) is 5.11 Å². The molecule has 0 aromatic carbocycles. The van der Waals surface area contributed by atoms with Crippen molar-refractivity contribution in [3.05, 3.63) is 18.0 Å². The molecular formula is C13H22N2O2. The molecular weight excluding hydrogens is 216 g/mol. The van der Waals surface area contributed by atoms with Crippen molar-refractivity contribution in [3.8, 4) is 0 Å². The maximum absolute atomic E-state index is 10.6. The van der Waals surface area contributed by atoms with E-state index in [4.69, 9.17) is 4.74 Å².